The van der Waals surface area contributed by atoms with Crippen LogP contribution < -0.4 is 0 Å². The van der Waals surface area contributed by atoms with E-state index in [1.54, 1.807) is 0 Å². The Morgan fingerprint density at radius 3 is 2.08 bits per heavy atom. The van der Waals surface area contributed by atoms with Crippen molar-refractivity contribution in [3.8, 4) is 0 Å². The number of hydrogen-bond acceptors (Lipinski definition) is 1. The minimum atomic E-state index is 0.521. The summed E-state index contributed by atoms with van der Waals surface area (Å²) in [7, 11) is 2.82. The van der Waals surface area contributed by atoms with E-state index >= 15 is 0 Å². The summed E-state index contributed by atoms with van der Waals surface area (Å²) in [6.07, 6.45) is 3.92. The molecule has 0 spiro atoms. The van der Waals surface area contributed by atoms with Crippen LogP contribution in [0.2, 0.25) is 0 Å². The second kappa shape index (κ2) is 4.07. The number of nitrogens with zero attached hydrogens (tertiary/aromatic N) is 1. The quantitative estimate of drug-likeness (QED) is 0.570. The number of hydrogen-bond donors (Lipinski definition) is 0. The lowest BCUT2D eigenvalue weighted by Crippen LogP contribution is -2.37. The van der Waals surface area contributed by atoms with Gasteiger partial charge in [-0.15, -0.1) is 9.24 Å². The summed E-state index contributed by atoms with van der Waals surface area (Å²) in [5.41, 5.74) is 0.521. The predicted molar refractivity (Wildman–Crippen MR) is 58.3 cm³/mol. The van der Waals surface area contributed by atoms with Gasteiger partial charge in [0.15, 0.2) is 0 Å². The molecule has 1 aliphatic heterocycles. The minimum Gasteiger partial charge on any atom is -0.300 e. The molecule has 1 rings (SSSR count). The number of likely N-dealkylation sites (tertiary alicyclic amines) is 1. The van der Waals surface area contributed by atoms with Crippen LogP contribution in [0.4, 0.5) is 0 Å². The van der Waals surface area contributed by atoms with E-state index in [9.17, 15) is 0 Å². The molecule has 2 heteroatoms. The second-order valence-corrected chi connectivity index (χ2v) is 5.31. The normalized spacial score (nSPS) is 23.0. The summed E-state index contributed by atoms with van der Waals surface area (Å²) in [4.78, 5) is 2.52. The molecule has 0 aromatic rings. The average Bonchev–Trinajstić information content (AvgIpc) is 2.03. The van der Waals surface area contributed by atoms with Crippen molar-refractivity contribution in [1.29, 1.82) is 0 Å². The Kier molecular flexibility index (Phi) is 3.55. The summed E-state index contributed by atoms with van der Waals surface area (Å²) in [5, 5.41) is 0. The molecule has 0 radical (unpaired) electrons. The van der Waals surface area contributed by atoms with Crippen molar-refractivity contribution < 1.29 is 0 Å². The fourth-order valence-electron chi connectivity index (χ4n) is 1.98. The number of rotatable bonds is 1. The molecular formula is C10H22NP. The molecule has 72 valence electrons. The first-order valence-corrected chi connectivity index (χ1v) is 5.78. The topological polar surface area (TPSA) is 3.24 Å². The van der Waals surface area contributed by atoms with Gasteiger partial charge in [-0.2, -0.15) is 0 Å². The SMILES string of the molecule is CC(C)(C)C1CCN(CP)CC1. The molecule has 0 aliphatic carbocycles. The summed E-state index contributed by atoms with van der Waals surface area (Å²) < 4.78 is 0. The highest BCUT2D eigenvalue weighted by molar-refractivity contribution is 7.16. The molecule has 1 fully saturated rings. The van der Waals surface area contributed by atoms with Crippen LogP contribution >= 0.6 is 9.24 Å². The third-order valence-electron chi connectivity index (χ3n) is 3.07. The Balaban J connectivity index is 2.36. The first-order valence-electron chi connectivity index (χ1n) is 4.96. The molecular weight excluding hydrogens is 165 g/mol. The Morgan fingerprint density at radius 1 is 1.25 bits per heavy atom. The molecule has 12 heavy (non-hydrogen) atoms. The van der Waals surface area contributed by atoms with Crippen molar-refractivity contribution in [2.24, 2.45) is 11.3 Å². The van der Waals surface area contributed by atoms with Gasteiger partial charge in [0.2, 0.25) is 0 Å². The van der Waals surface area contributed by atoms with Gasteiger partial charge in [-0.3, -0.25) is 4.90 Å². The van der Waals surface area contributed by atoms with Crippen LogP contribution in [0, 0.1) is 11.3 Å². The van der Waals surface area contributed by atoms with Gasteiger partial charge in [-0.25, -0.2) is 0 Å². The molecule has 1 saturated heterocycles. The van der Waals surface area contributed by atoms with Crippen LogP contribution in [0.5, 0.6) is 0 Å². The van der Waals surface area contributed by atoms with Crippen LogP contribution in [0.3, 0.4) is 0 Å². The van der Waals surface area contributed by atoms with Gasteiger partial charge < -0.3 is 0 Å². The summed E-state index contributed by atoms with van der Waals surface area (Å²) in [6.45, 7) is 9.70. The maximum Gasteiger partial charge on any atom is 0.0126 e. The van der Waals surface area contributed by atoms with Gasteiger partial charge in [0.1, 0.15) is 0 Å². The molecule has 1 nitrogen and oxygen atoms in total. The fourth-order valence-corrected chi connectivity index (χ4v) is 2.35. The highest BCUT2D eigenvalue weighted by Gasteiger charge is 2.27. The van der Waals surface area contributed by atoms with E-state index in [1.165, 1.54) is 25.9 Å². The Bertz CT molecular complexity index is 131. The van der Waals surface area contributed by atoms with E-state index in [4.69, 9.17) is 0 Å². The summed E-state index contributed by atoms with van der Waals surface area (Å²) in [6, 6.07) is 0. The van der Waals surface area contributed by atoms with Crippen LogP contribution in [-0.2, 0) is 0 Å². The summed E-state index contributed by atoms with van der Waals surface area (Å²) >= 11 is 0. The lowest BCUT2D eigenvalue weighted by atomic mass is 9.75. The van der Waals surface area contributed by atoms with Crippen LogP contribution in [-0.4, -0.2) is 24.3 Å². The van der Waals surface area contributed by atoms with E-state index in [2.05, 4.69) is 34.9 Å². The molecule has 1 atom stereocenters. The zero-order valence-electron chi connectivity index (χ0n) is 8.64. The Labute approximate surface area is 79.1 Å². The van der Waals surface area contributed by atoms with Crippen LogP contribution in [0.25, 0.3) is 0 Å². The molecule has 0 saturated carbocycles. The van der Waals surface area contributed by atoms with Crippen molar-refractivity contribution in [3.05, 3.63) is 0 Å². The summed E-state index contributed by atoms with van der Waals surface area (Å²) in [5.74, 6) is 0.935. The van der Waals surface area contributed by atoms with Crippen molar-refractivity contribution >= 4 is 9.24 Å². The van der Waals surface area contributed by atoms with E-state index in [0.717, 1.165) is 12.2 Å². The molecule has 0 N–H and O–H groups in total. The van der Waals surface area contributed by atoms with Crippen molar-refractivity contribution in [3.63, 3.8) is 0 Å². The van der Waals surface area contributed by atoms with Crippen molar-refractivity contribution in [2.75, 3.05) is 19.4 Å². The molecule has 0 amide bonds. The van der Waals surface area contributed by atoms with E-state index in [0.29, 0.717) is 5.41 Å². The average molecular weight is 187 g/mol. The predicted octanol–water partition coefficient (Wildman–Crippen LogP) is 2.58. The second-order valence-electron chi connectivity index (χ2n) is 4.94. The smallest absolute Gasteiger partial charge is 0.0126 e. The highest BCUT2D eigenvalue weighted by atomic mass is 31.0. The molecule has 0 bridgehead atoms. The lowest BCUT2D eigenvalue weighted by Gasteiger charge is -2.38. The van der Waals surface area contributed by atoms with Gasteiger partial charge in [0.05, 0.1) is 0 Å². The molecule has 1 unspecified atom stereocenters. The van der Waals surface area contributed by atoms with Gasteiger partial charge in [0.25, 0.3) is 0 Å². The van der Waals surface area contributed by atoms with Gasteiger partial charge in [-0.1, -0.05) is 20.8 Å². The van der Waals surface area contributed by atoms with Crippen LogP contribution in [0.15, 0.2) is 0 Å². The van der Waals surface area contributed by atoms with Crippen molar-refractivity contribution in [2.45, 2.75) is 33.6 Å². The third-order valence-corrected chi connectivity index (χ3v) is 3.59. The maximum atomic E-state index is 2.82. The monoisotopic (exact) mass is 187 g/mol. The maximum absolute atomic E-state index is 2.82. The zero-order chi connectivity index (χ0) is 9.19. The fraction of sp³-hybridized carbons (Fsp3) is 1.00. The molecule has 0 aromatic heterocycles. The van der Waals surface area contributed by atoms with E-state index in [1.807, 2.05) is 0 Å². The van der Waals surface area contributed by atoms with E-state index < -0.39 is 0 Å². The first kappa shape index (κ1) is 10.5. The first-order chi connectivity index (χ1) is 5.54. The van der Waals surface area contributed by atoms with E-state index in [-0.39, 0.29) is 0 Å². The molecule has 1 heterocycles. The lowest BCUT2D eigenvalue weighted by molar-refractivity contribution is 0.125. The minimum absolute atomic E-state index is 0.521. The van der Waals surface area contributed by atoms with Crippen LogP contribution in [0.1, 0.15) is 33.6 Å². The van der Waals surface area contributed by atoms with Gasteiger partial charge in [0, 0.05) is 6.29 Å². The van der Waals surface area contributed by atoms with Gasteiger partial charge in [-0.05, 0) is 37.3 Å². The Morgan fingerprint density at radius 2 is 1.75 bits per heavy atom. The third kappa shape index (κ3) is 2.71. The number of piperidine rings is 1. The molecule has 1 aliphatic rings. The van der Waals surface area contributed by atoms with Crippen molar-refractivity contribution in [1.82, 2.24) is 4.90 Å². The molecule has 0 aromatic carbocycles. The zero-order valence-corrected chi connectivity index (χ0v) is 9.79. The largest absolute Gasteiger partial charge is 0.300 e. The highest BCUT2D eigenvalue weighted by Crippen LogP contribution is 2.34. The van der Waals surface area contributed by atoms with Gasteiger partial charge >= 0.3 is 0 Å². The Hall–Kier alpha value is 0.390. The standard InChI is InChI=1S/C10H22NP/c1-10(2,3)9-4-6-11(8-12)7-5-9/h9H,4-8,12H2,1-3H3.